The minimum absolute atomic E-state index is 0.00857. The van der Waals surface area contributed by atoms with E-state index in [0.29, 0.717) is 38.2 Å². The molecule has 0 aromatic carbocycles. The second kappa shape index (κ2) is 6.29. The average Bonchev–Trinajstić information content (AvgIpc) is 3.46. The minimum Gasteiger partial charge on any atom is -0.378 e. The van der Waals surface area contributed by atoms with Crippen LogP contribution in [0.5, 0.6) is 0 Å². The Morgan fingerprint density at radius 2 is 1.85 bits per heavy atom. The number of piperazine rings is 1. The second-order valence-corrected chi connectivity index (χ2v) is 9.35. The zero-order valence-electron chi connectivity index (χ0n) is 15.0. The molecule has 0 unspecified atom stereocenters. The molecule has 0 spiro atoms. The normalized spacial score (nSPS) is 28.1. The summed E-state index contributed by atoms with van der Waals surface area (Å²) in [7, 11) is -1.24. The van der Waals surface area contributed by atoms with Crippen molar-refractivity contribution >= 4 is 10.0 Å². The summed E-state index contributed by atoms with van der Waals surface area (Å²) in [6.45, 7) is 2.50. The van der Waals surface area contributed by atoms with Gasteiger partial charge in [-0.15, -0.1) is 0 Å². The van der Waals surface area contributed by atoms with Crippen LogP contribution in [0.2, 0.25) is 0 Å². The van der Waals surface area contributed by atoms with E-state index < -0.39 is 21.3 Å². The number of aromatic nitrogens is 2. The van der Waals surface area contributed by atoms with Gasteiger partial charge in [0.05, 0.1) is 13.2 Å². The average molecular weight is 384 g/mol. The first-order valence-electron chi connectivity index (χ1n) is 8.91. The molecule has 1 saturated carbocycles. The molecule has 144 valence electrons. The molecule has 0 amide bonds. The van der Waals surface area contributed by atoms with Gasteiger partial charge < -0.3 is 9.30 Å². The van der Waals surface area contributed by atoms with E-state index in [1.807, 2.05) is 0 Å². The molecule has 3 heterocycles. The Balaban J connectivity index is 1.62. The van der Waals surface area contributed by atoms with Crippen LogP contribution >= 0.6 is 0 Å². The van der Waals surface area contributed by atoms with E-state index in [1.54, 1.807) is 0 Å². The molecule has 1 aromatic rings. The summed E-state index contributed by atoms with van der Waals surface area (Å²) in [6, 6.07) is 0.387. The lowest BCUT2D eigenvalue weighted by Gasteiger charge is -2.47. The molecule has 2 atom stereocenters. The number of morpholine rings is 1. The van der Waals surface area contributed by atoms with E-state index in [-0.39, 0.29) is 10.9 Å². The summed E-state index contributed by atoms with van der Waals surface area (Å²) in [4.78, 5) is 26.2. The highest BCUT2D eigenvalue weighted by molar-refractivity contribution is 7.89. The van der Waals surface area contributed by atoms with Gasteiger partial charge in [0.2, 0.25) is 10.0 Å². The molecule has 3 aliphatic rings. The third-order valence-electron chi connectivity index (χ3n) is 5.71. The first-order valence-corrected chi connectivity index (χ1v) is 10.3. The molecule has 3 fully saturated rings. The molecule has 4 rings (SSSR count). The molecule has 0 radical (unpaired) electrons. The number of fused-ring (bicyclic) bond motifs is 1. The van der Waals surface area contributed by atoms with Crippen molar-refractivity contribution in [2.24, 2.45) is 20.0 Å². The molecule has 0 bridgehead atoms. The van der Waals surface area contributed by atoms with E-state index in [9.17, 15) is 18.0 Å². The van der Waals surface area contributed by atoms with E-state index in [0.717, 1.165) is 21.9 Å². The Bertz CT molecular complexity index is 933. The van der Waals surface area contributed by atoms with Crippen molar-refractivity contribution in [3.63, 3.8) is 0 Å². The zero-order valence-corrected chi connectivity index (χ0v) is 15.8. The van der Waals surface area contributed by atoms with Crippen molar-refractivity contribution in [2.75, 3.05) is 32.8 Å². The second-order valence-electron chi connectivity index (χ2n) is 7.45. The Labute approximate surface area is 151 Å². The van der Waals surface area contributed by atoms with Gasteiger partial charge in [-0.05, 0) is 18.8 Å². The largest absolute Gasteiger partial charge is 0.378 e. The summed E-state index contributed by atoms with van der Waals surface area (Å²) in [6.07, 6.45) is 3.55. The standard InChI is InChI=1S/C16H24N4O5S/c1-17-8-14(15(21)18(2)16(17)22)26(23,24)19-5-6-20-12(7-19)9-25-10-13(20)11-3-4-11/h8,11-13H,3-7,9-10H2,1-2H3/t12-,13-/m1/s1. The van der Waals surface area contributed by atoms with E-state index >= 15 is 0 Å². The fraction of sp³-hybridized carbons (Fsp3) is 0.750. The van der Waals surface area contributed by atoms with Crippen LogP contribution in [0, 0.1) is 5.92 Å². The van der Waals surface area contributed by atoms with Crippen LogP contribution in [-0.2, 0) is 28.9 Å². The fourth-order valence-electron chi connectivity index (χ4n) is 4.04. The molecule has 26 heavy (non-hydrogen) atoms. The van der Waals surface area contributed by atoms with Crippen LogP contribution in [0.1, 0.15) is 12.8 Å². The lowest BCUT2D eigenvalue weighted by molar-refractivity contribution is -0.0759. The van der Waals surface area contributed by atoms with Gasteiger partial charge in [-0.1, -0.05) is 0 Å². The Morgan fingerprint density at radius 3 is 2.54 bits per heavy atom. The number of sulfonamides is 1. The van der Waals surface area contributed by atoms with Gasteiger partial charge in [-0.2, -0.15) is 4.31 Å². The van der Waals surface area contributed by atoms with Crippen molar-refractivity contribution < 1.29 is 13.2 Å². The number of hydrogen-bond acceptors (Lipinski definition) is 6. The van der Waals surface area contributed by atoms with E-state index in [1.165, 1.54) is 31.2 Å². The lowest BCUT2D eigenvalue weighted by Crippen LogP contribution is -2.63. The zero-order chi connectivity index (χ0) is 18.6. The van der Waals surface area contributed by atoms with Crippen LogP contribution in [-0.4, -0.2) is 71.7 Å². The Morgan fingerprint density at radius 1 is 1.12 bits per heavy atom. The van der Waals surface area contributed by atoms with Gasteiger partial charge in [-0.25, -0.2) is 13.2 Å². The maximum absolute atomic E-state index is 13.1. The summed E-state index contributed by atoms with van der Waals surface area (Å²) >= 11 is 0. The fourth-order valence-corrected chi connectivity index (χ4v) is 5.66. The summed E-state index contributed by atoms with van der Waals surface area (Å²) in [5.41, 5.74) is -1.34. The Kier molecular flexibility index (Phi) is 4.33. The number of nitrogens with zero attached hydrogens (tertiary/aromatic N) is 4. The molecule has 10 heteroatoms. The molecule has 0 N–H and O–H groups in total. The summed E-state index contributed by atoms with van der Waals surface area (Å²) in [5, 5.41) is 0. The van der Waals surface area contributed by atoms with Crippen LogP contribution < -0.4 is 11.2 Å². The first kappa shape index (κ1) is 17.9. The molecule has 1 aliphatic carbocycles. The molecule has 2 aliphatic heterocycles. The van der Waals surface area contributed by atoms with Crippen molar-refractivity contribution in [1.29, 1.82) is 0 Å². The van der Waals surface area contributed by atoms with Crippen LogP contribution in [0.3, 0.4) is 0 Å². The predicted octanol–water partition coefficient (Wildman–Crippen LogP) is -1.43. The third-order valence-corrected chi connectivity index (χ3v) is 7.56. The molecule has 1 aromatic heterocycles. The van der Waals surface area contributed by atoms with Crippen molar-refractivity contribution in [1.82, 2.24) is 18.3 Å². The monoisotopic (exact) mass is 384 g/mol. The van der Waals surface area contributed by atoms with Crippen LogP contribution in [0.15, 0.2) is 20.7 Å². The van der Waals surface area contributed by atoms with Gasteiger partial charge in [-0.3, -0.25) is 14.3 Å². The topological polar surface area (TPSA) is 93.8 Å². The van der Waals surface area contributed by atoms with E-state index in [2.05, 4.69) is 4.90 Å². The predicted molar refractivity (Wildman–Crippen MR) is 93.5 cm³/mol. The van der Waals surface area contributed by atoms with Crippen molar-refractivity contribution in [3.05, 3.63) is 27.0 Å². The number of aryl methyl sites for hydroxylation is 1. The Hall–Kier alpha value is -1.49. The third kappa shape index (κ3) is 2.84. The first-order chi connectivity index (χ1) is 12.3. The van der Waals surface area contributed by atoms with Gasteiger partial charge in [0, 0.05) is 52.0 Å². The lowest BCUT2D eigenvalue weighted by atomic mass is 10.0. The summed E-state index contributed by atoms with van der Waals surface area (Å²) in [5.74, 6) is 0.664. The molecule has 9 nitrogen and oxygen atoms in total. The SMILES string of the molecule is Cn1cc(S(=O)(=O)N2CCN3[C@@H](COC[C@@H]3C3CC3)C2)c(=O)n(C)c1=O. The maximum Gasteiger partial charge on any atom is 0.330 e. The highest BCUT2D eigenvalue weighted by Crippen LogP contribution is 2.38. The van der Waals surface area contributed by atoms with Crippen LogP contribution in [0.25, 0.3) is 0 Å². The maximum atomic E-state index is 13.1. The quantitative estimate of drug-likeness (QED) is 0.634. The molecular formula is C16H24N4O5S. The van der Waals surface area contributed by atoms with Gasteiger partial charge in [0.15, 0.2) is 4.90 Å². The van der Waals surface area contributed by atoms with Crippen molar-refractivity contribution in [3.8, 4) is 0 Å². The van der Waals surface area contributed by atoms with Gasteiger partial charge in [0.25, 0.3) is 5.56 Å². The number of ether oxygens (including phenoxy) is 1. The van der Waals surface area contributed by atoms with Crippen molar-refractivity contribution in [2.45, 2.75) is 29.8 Å². The molecular weight excluding hydrogens is 360 g/mol. The summed E-state index contributed by atoms with van der Waals surface area (Å²) < 4.78 is 35.2. The minimum atomic E-state index is -3.97. The van der Waals surface area contributed by atoms with Gasteiger partial charge in [0.1, 0.15) is 0 Å². The van der Waals surface area contributed by atoms with E-state index in [4.69, 9.17) is 4.74 Å². The highest BCUT2D eigenvalue weighted by Gasteiger charge is 2.45. The van der Waals surface area contributed by atoms with Gasteiger partial charge >= 0.3 is 5.69 Å². The highest BCUT2D eigenvalue weighted by atomic mass is 32.2. The number of hydrogen-bond donors (Lipinski definition) is 0. The van der Waals surface area contributed by atoms with Crippen LogP contribution in [0.4, 0.5) is 0 Å². The number of rotatable bonds is 3. The molecule has 2 saturated heterocycles. The smallest absolute Gasteiger partial charge is 0.330 e.